The number of carbonyl (C=O) groups is 2. The molecule has 7 heteroatoms. The van der Waals surface area contributed by atoms with E-state index in [-0.39, 0.29) is 11.4 Å². The number of benzene rings is 2. The molecule has 35 heavy (non-hydrogen) atoms. The van der Waals surface area contributed by atoms with Crippen LogP contribution in [-0.4, -0.2) is 39.8 Å². The van der Waals surface area contributed by atoms with E-state index in [1.807, 2.05) is 61.5 Å². The number of ketones is 1. The summed E-state index contributed by atoms with van der Waals surface area (Å²) in [4.78, 5) is 33.5. The van der Waals surface area contributed by atoms with Gasteiger partial charge in [-0.25, -0.2) is 4.98 Å². The summed E-state index contributed by atoms with van der Waals surface area (Å²) in [7, 11) is 0. The zero-order chi connectivity index (χ0) is 25.1. The van der Waals surface area contributed by atoms with Crippen molar-refractivity contribution in [1.82, 2.24) is 9.88 Å². The molecule has 1 unspecified atom stereocenters. The van der Waals surface area contributed by atoms with Crippen LogP contribution in [0.4, 0.5) is 0 Å². The molecule has 6 nitrogen and oxygen atoms in total. The summed E-state index contributed by atoms with van der Waals surface area (Å²) in [6.07, 6.45) is 0.693. The molecule has 0 spiro atoms. The number of aliphatic hydroxyl groups is 1. The van der Waals surface area contributed by atoms with Crippen molar-refractivity contribution < 1.29 is 19.4 Å². The van der Waals surface area contributed by atoms with Crippen molar-refractivity contribution in [3.63, 3.8) is 0 Å². The number of rotatable bonds is 9. The molecule has 1 atom stereocenters. The van der Waals surface area contributed by atoms with Crippen LogP contribution >= 0.6 is 11.3 Å². The van der Waals surface area contributed by atoms with Crippen LogP contribution in [0.3, 0.4) is 0 Å². The molecule has 3 aromatic rings. The second kappa shape index (κ2) is 10.4. The van der Waals surface area contributed by atoms with E-state index in [4.69, 9.17) is 4.74 Å². The van der Waals surface area contributed by atoms with Crippen LogP contribution in [0.25, 0.3) is 10.6 Å². The van der Waals surface area contributed by atoms with Gasteiger partial charge in [-0.05, 0) is 37.0 Å². The maximum absolute atomic E-state index is 13.8. The van der Waals surface area contributed by atoms with Crippen LogP contribution < -0.4 is 4.74 Å². The zero-order valence-electron chi connectivity index (χ0n) is 20.4. The van der Waals surface area contributed by atoms with E-state index in [0.717, 1.165) is 16.1 Å². The molecule has 1 aliphatic heterocycles. The zero-order valence-corrected chi connectivity index (χ0v) is 21.3. The highest BCUT2D eigenvalue weighted by Gasteiger charge is 2.44. The highest BCUT2D eigenvalue weighted by molar-refractivity contribution is 7.17. The number of nitrogens with zero attached hydrogens (tertiary/aromatic N) is 2. The fourth-order valence-corrected chi connectivity index (χ4v) is 5.20. The number of thiazole rings is 1. The minimum atomic E-state index is -0.695. The van der Waals surface area contributed by atoms with Gasteiger partial charge in [0.1, 0.15) is 10.8 Å². The topological polar surface area (TPSA) is 79.7 Å². The van der Waals surface area contributed by atoms with E-state index in [2.05, 4.69) is 18.8 Å². The maximum atomic E-state index is 13.8. The van der Waals surface area contributed by atoms with Crippen molar-refractivity contribution in [2.24, 2.45) is 5.92 Å². The van der Waals surface area contributed by atoms with E-state index in [9.17, 15) is 14.7 Å². The van der Waals surface area contributed by atoms with Gasteiger partial charge in [-0.15, -0.1) is 11.3 Å². The molecule has 2 aromatic carbocycles. The molecule has 1 aromatic heterocycles. The third-order valence-corrected chi connectivity index (χ3v) is 7.00. The van der Waals surface area contributed by atoms with Gasteiger partial charge >= 0.3 is 0 Å². The summed E-state index contributed by atoms with van der Waals surface area (Å²) < 4.78 is 5.89. The number of amides is 1. The molecule has 2 heterocycles. The lowest BCUT2D eigenvalue weighted by Crippen LogP contribution is -2.31. The van der Waals surface area contributed by atoms with Gasteiger partial charge in [0.2, 0.25) is 5.78 Å². The Morgan fingerprint density at radius 2 is 1.91 bits per heavy atom. The fraction of sp³-hybridized carbons (Fsp3) is 0.321. The van der Waals surface area contributed by atoms with Crippen molar-refractivity contribution in [1.29, 1.82) is 0 Å². The molecule has 0 saturated heterocycles. The van der Waals surface area contributed by atoms with Gasteiger partial charge in [-0.3, -0.25) is 9.59 Å². The van der Waals surface area contributed by atoms with Crippen molar-refractivity contribution >= 4 is 23.0 Å². The standard InChI is InChI=1S/C28H30N2O4S/c1-5-14-30-23(20-12-9-13-21(15-20)34-16-17(2)3)22(25(32)28(30)33)24(31)26-18(4)29-27(35-26)19-10-7-6-8-11-19/h6-13,15,17,23,32H,5,14,16H2,1-4H3. The third kappa shape index (κ3) is 5.00. The highest BCUT2D eigenvalue weighted by Crippen LogP contribution is 2.41. The molecule has 1 aliphatic rings. The lowest BCUT2D eigenvalue weighted by Gasteiger charge is -2.26. The van der Waals surface area contributed by atoms with E-state index in [1.54, 1.807) is 11.8 Å². The Hall–Kier alpha value is -3.45. The molecule has 0 fully saturated rings. The van der Waals surface area contributed by atoms with Gasteiger partial charge in [0.25, 0.3) is 5.91 Å². The van der Waals surface area contributed by atoms with Crippen LogP contribution in [0, 0.1) is 12.8 Å². The summed E-state index contributed by atoms with van der Waals surface area (Å²) in [5.41, 5.74) is 2.31. The Morgan fingerprint density at radius 3 is 2.60 bits per heavy atom. The maximum Gasteiger partial charge on any atom is 0.290 e. The van der Waals surface area contributed by atoms with Gasteiger partial charge in [0.05, 0.1) is 28.8 Å². The Labute approximate surface area is 209 Å². The average molecular weight is 491 g/mol. The van der Waals surface area contributed by atoms with Crippen LogP contribution in [0.15, 0.2) is 65.9 Å². The monoisotopic (exact) mass is 490 g/mol. The van der Waals surface area contributed by atoms with E-state index in [0.29, 0.717) is 41.8 Å². The van der Waals surface area contributed by atoms with E-state index in [1.165, 1.54) is 11.3 Å². The molecule has 0 radical (unpaired) electrons. The molecular weight excluding hydrogens is 460 g/mol. The minimum Gasteiger partial charge on any atom is -0.503 e. The van der Waals surface area contributed by atoms with Crippen molar-refractivity contribution in [2.75, 3.05) is 13.2 Å². The van der Waals surface area contributed by atoms with Crippen LogP contribution in [-0.2, 0) is 4.79 Å². The first-order valence-corrected chi connectivity index (χ1v) is 12.7. The predicted octanol–water partition coefficient (Wildman–Crippen LogP) is 6.14. The van der Waals surface area contributed by atoms with Crippen molar-refractivity contribution in [2.45, 2.75) is 40.2 Å². The number of hydrogen-bond acceptors (Lipinski definition) is 6. The lowest BCUT2D eigenvalue weighted by atomic mass is 9.95. The second-order valence-corrected chi connectivity index (χ2v) is 10.1. The highest BCUT2D eigenvalue weighted by atomic mass is 32.1. The number of aliphatic hydroxyl groups excluding tert-OH is 1. The van der Waals surface area contributed by atoms with Crippen molar-refractivity contribution in [3.05, 3.63) is 82.1 Å². The molecule has 0 bridgehead atoms. The van der Waals surface area contributed by atoms with E-state index >= 15 is 0 Å². The Morgan fingerprint density at radius 1 is 1.17 bits per heavy atom. The summed E-state index contributed by atoms with van der Waals surface area (Å²) in [5.74, 6) is -0.364. The van der Waals surface area contributed by atoms with Crippen molar-refractivity contribution in [3.8, 4) is 16.3 Å². The summed E-state index contributed by atoms with van der Waals surface area (Å²) in [5, 5.41) is 11.6. The molecule has 0 saturated carbocycles. The van der Waals surface area contributed by atoms with Crippen LogP contribution in [0.2, 0.25) is 0 Å². The summed E-state index contributed by atoms with van der Waals surface area (Å²) >= 11 is 1.28. The first kappa shape index (κ1) is 24.7. The summed E-state index contributed by atoms with van der Waals surface area (Å²) in [6, 6.07) is 16.4. The van der Waals surface area contributed by atoms with Gasteiger partial charge in [0.15, 0.2) is 5.76 Å². The normalized spacial score (nSPS) is 15.9. The summed E-state index contributed by atoms with van der Waals surface area (Å²) in [6.45, 7) is 8.86. The Balaban J connectivity index is 1.75. The fourth-order valence-electron chi connectivity index (χ4n) is 4.17. The number of carbonyl (C=O) groups excluding carboxylic acids is 2. The molecule has 1 amide bonds. The Kier molecular flexibility index (Phi) is 7.36. The van der Waals surface area contributed by atoms with E-state index < -0.39 is 17.7 Å². The first-order valence-electron chi connectivity index (χ1n) is 11.9. The van der Waals surface area contributed by atoms with Gasteiger partial charge in [0, 0.05) is 12.1 Å². The lowest BCUT2D eigenvalue weighted by molar-refractivity contribution is -0.129. The predicted molar refractivity (Wildman–Crippen MR) is 138 cm³/mol. The third-order valence-electron chi connectivity index (χ3n) is 5.79. The van der Waals surface area contributed by atoms with Gasteiger partial charge < -0.3 is 14.7 Å². The number of hydrogen-bond donors (Lipinski definition) is 1. The van der Waals surface area contributed by atoms with Gasteiger partial charge in [-0.1, -0.05) is 63.2 Å². The number of aromatic nitrogens is 1. The number of aryl methyl sites for hydroxylation is 1. The SMILES string of the molecule is CCCN1C(=O)C(O)=C(C(=O)c2sc(-c3ccccc3)nc2C)C1c1cccc(OCC(C)C)c1. The minimum absolute atomic E-state index is 0.0934. The Bertz CT molecular complexity index is 1260. The molecule has 4 rings (SSSR count). The average Bonchev–Trinajstić information content (AvgIpc) is 3.36. The molecular formula is C28H30N2O4S. The second-order valence-electron chi connectivity index (χ2n) is 9.07. The number of Topliss-reactive ketones (excluding diaryl/α,β-unsaturated/α-hetero) is 1. The first-order chi connectivity index (χ1) is 16.8. The quantitative estimate of drug-likeness (QED) is 0.364. The number of ether oxygens (including phenoxy) is 1. The molecule has 1 N–H and O–H groups in total. The van der Waals surface area contributed by atoms with Crippen LogP contribution in [0.1, 0.15) is 54.2 Å². The van der Waals surface area contributed by atoms with Crippen LogP contribution in [0.5, 0.6) is 5.75 Å². The molecule has 0 aliphatic carbocycles. The molecule has 182 valence electrons. The largest absolute Gasteiger partial charge is 0.503 e. The van der Waals surface area contributed by atoms with Gasteiger partial charge in [-0.2, -0.15) is 0 Å². The smallest absolute Gasteiger partial charge is 0.290 e.